The Kier molecular flexibility index (Phi) is 6.85. The Morgan fingerprint density at radius 2 is 1.05 bits per heavy atom. The van der Waals surface area contributed by atoms with E-state index in [0.29, 0.717) is 9.16 Å². The number of fused-ring (bicyclic) bond motifs is 2. The summed E-state index contributed by atoms with van der Waals surface area (Å²) in [4.78, 5) is 8.49. The molecule has 0 nitrogen and oxygen atoms in total. The summed E-state index contributed by atoms with van der Waals surface area (Å²) in [5.41, 5.74) is 8.09. The molecule has 0 bridgehead atoms. The molecule has 0 atom stereocenters. The van der Waals surface area contributed by atoms with E-state index in [1.54, 1.807) is 0 Å². The summed E-state index contributed by atoms with van der Waals surface area (Å²) in [5.74, 6) is 0. The smallest absolute Gasteiger partial charge is 0.0944 e. The van der Waals surface area contributed by atoms with Crippen LogP contribution in [0.25, 0.3) is 22.3 Å². The van der Waals surface area contributed by atoms with E-state index in [0.717, 1.165) is 0 Å². The summed E-state index contributed by atoms with van der Waals surface area (Å²) in [5, 5.41) is 4.70. The molecule has 0 unspecified atom stereocenters. The molecule has 7 heteroatoms. The van der Waals surface area contributed by atoms with E-state index >= 15 is 0 Å². The van der Waals surface area contributed by atoms with Gasteiger partial charge in [0.15, 0.2) is 0 Å². The normalized spacial score (nSPS) is 15.3. The van der Waals surface area contributed by atoms with Crippen LogP contribution >= 0.6 is 85.7 Å². The van der Waals surface area contributed by atoms with Crippen molar-refractivity contribution in [1.82, 2.24) is 0 Å². The molecule has 0 aliphatic carbocycles. The lowest BCUT2D eigenvalue weighted by molar-refractivity contribution is 1.27. The summed E-state index contributed by atoms with van der Waals surface area (Å²) in [6.07, 6.45) is 0. The van der Waals surface area contributed by atoms with Crippen LogP contribution in [-0.2, 0) is 0 Å². The Hall–Kier alpha value is -1.06. The zero-order valence-corrected chi connectivity index (χ0v) is 26.5. The Balaban J connectivity index is 1.39. The summed E-state index contributed by atoms with van der Waals surface area (Å²) in [7, 11) is 0. The largest absolute Gasteiger partial charge is 0.145 e. The molecular formula is C30H21BrS6. The van der Waals surface area contributed by atoms with Crippen LogP contribution in [-0.4, -0.2) is 0 Å². The van der Waals surface area contributed by atoms with Crippen molar-refractivity contribution in [2.45, 2.75) is 42.6 Å². The number of thioether (sulfide) groups is 4. The number of aryl methyl sites for hydroxylation is 2. The van der Waals surface area contributed by atoms with Gasteiger partial charge in [0.25, 0.3) is 0 Å². The lowest BCUT2D eigenvalue weighted by Gasteiger charge is -2.16. The van der Waals surface area contributed by atoms with Gasteiger partial charge in [0.1, 0.15) is 0 Å². The maximum absolute atomic E-state index is 4.01. The minimum Gasteiger partial charge on any atom is -0.145 e. The van der Waals surface area contributed by atoms with Gasteiger partial charge in [-0.2, -0.15) is 0 Å². The van der Waals surface area contributed by atoms with Crippen LogP contribution in [0.15, 0.2) is 102 Å². The molecule has 7 rings (SSSR count). The van der Waals surface area contributed by atoms with Crippen LogP contribution in [0, 0.1) is 13.8 Å². The average molecular weight is 654 g/mol. The third-order valence-electron chi connectivity index (χ3n) is 6.44. The summed E-state index contributed by atoms with van der Waals surface area (Å²) < 4.78 is 1.93. The predicted octanol–water partition coefficient (Wildman–Crippen LogP) is 12.3. The van der Waals surface area contributed by atoms with Crippen molar-refractivity contribution < 1.29 is 0 Å². The van der Waals surface area contributed by atoms with E-state index in [2.05, 4.69) is 107 Å². The molecule has 2 aliphatic heterocycles. The van der Waals surface area contributed by atoms with Gasteiger partial charge in [-0.3, -0.25) is 0 Å². The molecule has 4 heterocycles. The molecule has 0 radical (unpaired) electrons. The maximum Gasteiger partial charge on any atom is 0.0944 e. The van der Waals surface area contributed by atoms with E-state index < -0.39 is 0 Å². The third-order valence-corrected chi connectivity index (χ3v) is 15.7. The molecule has 0 N–H and O–H groups in total. The van der Waals surface area contributed by atoms with Crippen LogP contribution in [0.2, 0.25) is 0 Å². The highest BCUT2D eigenvalue weighted by Gasteiger charge is 2.34. The summed E-state index contributed by atoms with van der Waals surface area (Å²) >= 11 is 15.8. The number of hydrogen-bond donors (Lipinski definition) is 0. The average Bonchev–Trinajstić information content (AvgIpc) is 3.66. The van der Waals surface area contributed by atoms with Crippen molar-refractivity contribution in [2.75, 3.05) is 0 Å². The van der Waals surface area contributed by atoms with E-state index in [1.165, 1.54) is 67.2 Å². The van der Waals surface area contributed by atoms with E-state index in [-0.39, 0.29) is 0 Å². The minimum absolute atomic E-state index is 0.359. The topological polar surface area (TPSA) is 0 Å². The van der Waals surface area contributed by atoms with Crippen molar-refractivity contribution in [3.63, 3.8) is 0 Å². The van der Waals surface area contributed by atoms with Gasteiger partial charge in [0.05, 0.1) is 9.16 Å². The molecule has 0 amide bonds. The van der Waals surface area contributed by atoms with Gasteiger partial charge in [-0.1, -0.05) is 53.6 Å². The molecule has 3 aromatic carbocycles. The first-order valence-electron chi connectivity index (χ1n) is 11.9. The molecule has 37 heavy (non-hydrogen) atoms. The van der Waals surface area contributed by atoms with Crippen LogP contribution in [0.4, 0.5) is 0 Å². The summed E-state index contributed by atoms with van der Waals surface area (Å²) in [6, 6.07) is 24.6. The molecule has 2 aromatic heterocycles. The zero-order valence-electron chi connectivity index (χ0n) is 20.0. The highest BCUT2D eigenvalue weighted by Crippen LogP contribution is 2.64. The highest BCUT2D eigenvalue weighted by atomic mass is 79.9. The van der Waals surface area contributed by atoms with Gasteiger partial charge in [-0.25, -0.2) is 0 Å². The van der Waals surface area contributed by atoms with Crippen LogP contribution in [0.5, 0.6) is 0 Å². The van der Waals surface area contributed by atoms with E-state index in [9.17, 15) is 0 Å². The minimum atomic E-state index is 0.359. The van der Waals surface area contributed by atoms with Gasteiger partial charge < -0.3 is 0 Å². The first-order valence-corrected chi connectivity index (χ1v) is 17.9. The zero-order chi connectivity index (χ0) is 25.1. The molecule has 0 spiro atoms. The van der Waals surface area contributed by atoms with Crippen molar-refractivity contribution in [3.05, 3.63) is 103 Å². The van der Waals surface area contributed by atoms with Crippen molar-refractivity contribution in [2.24, 2.45) is 0 Å². The van der Waals surface area contributed by atoms with Crippen molar-refractivity contribution in [1.29, 1.82) is 0 Å². The van der Waals surface area contributed by atoms with Gasteiger partial charge in [0.2, 0.25) is 0 Å². The van der Waals surface area contributed by atoms with Gasteiger partial charge in [-0.15, -0.1) is 69.7 Å². The Bertz CT molecular complexity index is 1580. The monoisotopic (exact) mass is 652 g/mol. The van der Waals surface area contributed by atoms with Crippen LogP contribution in [0.1, 0.15) is 30.0 Å². The van der Waals surface area contributed by atoms with E-state index in [4.69, 9.17) is 0 Å². The molecule has 184 valence electrons. The number of hydrogen-bond acceptors (Lipinski definition) is 6. The Labute approximate surface area is 251 Å². The predicted molar refractivity (Wildman–Crippen MR) is 172 cm³/mol. The van der Waals surface area contributed by atoms with Crippen molar-refractivity contribution >= 4 is 85.7 Å². The number of rotatable bonds is 4. The fourth-order valence-corrected chi connectivity index (χ4v) is 14.1. The molecule has 0 saturated carbocycles. The molecule has 0 fully saturated rings. The quantitative estimate of drug-likeness (QED) is 0.189. The SMILES string of the molecule is Cc1cc(C)cc(-c2csc(C3Sc4ccccc4S3)c2-c2c(Br)csc2C2Sc3ccccc3S2)c1. The second-order valence-corrected chi connectivity index (χ2v) is 17.0. The number of thiophene rings is 2. The number of halogens is 1. The fraction of sp³-hybridized carbons (Fsp3) is 0.133. The second-order valence-electron chi connectivity index (χ2n) is 9.12. The lowest BCUT2D eigenvalue weighted by atomic mass is 9.95. The Morgan fingerprint density at radius 3 is 1.57 bits per heavy atom. The third kappa shape index (κ3) is 4.58. The molecule has 2 aliphatic rings. The first kappa shape index (κ1) is 24.9. The highest BCUT2D eigenvalue weighted by molar-refractivity contribution is 9.10. The van der Waals surface area contributed by atoms with Crippen molar-refractivity contribution in [3.8, 4) is 22.3 Å². The van der Waals surface area contributed by atoms with Crippen LogP contribution in [0.3, 0.4) is 0 Å². The maximum atomic E-state index is 4.01. The molecule has 0 saturated heterocycles. The van der Waals surface area contributed by atoms with Gasteiger partial charge in [-0.05, 0) is 65.0 Å². The van der Waals surface area contributed by atoms with Gasteiger partial charge >= 0.3 is 0 Å². The second kappa shape index (κ2) is 10.2. The van der Waals surface area contributed by atoms with E-state index in [1.807, 2.05) is 69.7 Å². The van der Waals surface area contributed by atoms with Crippen LogP contribution < -0.4 is 0 Å². The summed E-state index contributed by atoms with van der Waals surface area (Å²) in [6.45, 7) is 4.41. The fourth-order valence-electron chi connectivity index (χ4n) is 4.93. The molecule has 5 aromatic rings. The number of benzene rings is 3. The Morgan fingerprint density at radius 1 is 0.595 bits per heavy atom. The van der Waals surface area contributed by atoms with Gasteiger partial charge in [0, 0.05) is 55.9 Å². The standard InChI is InChI=1S/C30H21BrS6/c1-16-11-17(2)13-18(12-16)19-14-32-27(29-34-21-7-3-4-8-22(21)35-29)25(19)26-20(31)15-33-28(26)30-36-23-9-5-6-10-24(23)37-30/h3-15,29-30H,1-2H3. The lowest BCUT2D eigenvalue weighted by Crippen LogP contribution is -1.92. The first-order chi connectivity index (χ1) is 18.0. The molecular weight excluding hydrogens is 633 g/mol.